The van der Waals surface area contributed by atoms with E-state index in [1.165, 1.54) is 6.26 Å². The first kappa shape index (κ1) is 13.4. The van der Waals surface area contributed by atoms with Gasteiger partial charge in [-0.25, -0.2) is 8.42 Å². The maximum Gasteiger partial charge on any atom is 0.176 e. The van der Waals surface area contributed by atoms with Gasteiger partial charge < -0.3 is 10.2 Å². The standard InChI is InChI=1S/C15H18N2O2S/c1-20(18,19)15-7-6-14(17-10-8-16-9-11-17)12-4-2-3-5-13(12)15/h2-7,16H,8-11H2,1H3. The van der Waals surface area contributed by atoms with E-state index >= 15 is 0 Å². The molecule has 1 fully saturated rings. The number of hydrogen-bond donors (Lipinski definition) is 1. The summed E-state index contributed by atoms with van der Waals surface area (Å²) in [5, 5.41) is 5.15. The first-order valence-corrected chi connectivity index (χ1v) is 8.64. The van der Waals surface area contributed by atoms with E-state index in [0.717, 1.165) is 42.6 Å². The summed E-state index contributed by atoms with van der Waals surface area (Å²) in [7, 11) is -3.21. The molecule has 0 saturated carbocycles. The number of nitrogens with zero attached hydrogens (tertiary/aromatic N) is 1. The Labute approximate surface area is 119 Å². The van der Waals surface area contributed by atoms with Crippen LogP contribution in [0.2, 0.25) is 0 Å². The Morgan fingerprint density at radius 1 is 1.00 bits per heavy atom. The quantitative estimate of drug-likeness (QED) is 0.914. The Kier molecular flexibility index (Phi) is 3.40. The van der Waals surface area contributed by atoms with Crippen LogP contribution in [-0.2, 0) is 9.84 Å². The molecular weight excluding hydrogens is 272 g/mol. The van der Waals surface area contributed by atoms with Gasteiger partial charge >= 0.3 is 0 Å². The van der Waals surface area contributed by atoms with E-state index in [1.54, 1.807) is 6.07 Å². The zero-order valence-corrected chi connectivity index (χ0v) is 12.3. The molecule has 4 nitrogen and oxygen atoms in total. The predicted molar refractivity (Wildman–Crippen MR) is 82.1 cm³/mol. The molecule has 1 heterocycles. The molecule has 0 aromatic heterocycles. The van der Waals surface area contributed by atoms with Gasteiger partial charge in [-0.05, 0) is 12.1 Å². The molecule has 1 N–H and O–H groups in total. The minimum atomic E-state index is -3.21. The fraction of sp³-hybridized carbons (Fsp3) is 0.333. The van der Waals surface area contributed by atoms with Gasteiger partial charge in [0.25, 0.3) is 0 Å². The number of anilines is 1. The van der Waals surface area contributed by atoms with Crippen LogP contribution in [0.4, 0.5) is 5.69 Å². The smallest absolute Gasteiger partial charge is 0.176 e. The molecule has 1 saturated heterocycles. The van der Waals surface area contributed by atoms with Crippen molar-refractivity contribution in [2.24, 2.45) is 0 Å². The Bertz CT molecular complexity index is 735. The van der Waals surface area contributed by atoms with E-state index in [0.29, 0.717) is 4.90 Å². The van der Waals surface area contributed by atoms with Gasteiger partial charge in [-0.15, -0.1) is 0 Å². The molecule has 0 spiro atoms. The highest BCUT2D eigenvalue weighted by molar-refractivity contribution is 7.91. The Balaban J connectivity index is 2.21. The second-order valence-corrected chi connectivity index (χ2v) is 7.12. The summed E-state index contributed by atoms with van der Waals surface area (Å²) in [6, 6.07) is 11.4. The number of nitrogens with one attached hydrogen (secondary N) is 1. The van der Waals surface area contributed by atoms with E-state index in [-0.39, 0.29) is 0 Å². The number of fused-ring (bicyclic) bond motifs is 1. The number of sulfone groups is 1. The van der Waals surface area contributed by atoms with Crippen LogP contribution in [0.25, 0.3) is 10.8 Å². The van der Waals surface area contributed by atoms with Crippen molar-refractivity contribution >= 4 is 26.3 Å². The molecule has 2 aromatic rings. The van der Waals surface area contributed by atoms with Gasteiger partial charge in [-0.1, -0.05) is 24.3 Å². The van der Waals surface area contributed by atoms with Crippen molar-refractivity contribution in [2.45, 2.75) is 4.90 Å². The Hall–Kier alpha value is -1.59. The molecule has 1 aliphatic heterocycles. The molecule has 5 heteroatoms. The monoisotopic (exact) mass is 290 g/mol. The molecule has 106 valence electrons. The molecule has 0 amide bonds. The van der Waals surface area contributed by atoms with Crippen LogP contribution in [0.3, 0.4) is 0 Å². The lowest BCUT2D eigenvalue weighted by molar-refractivity contribution is 0.590. The third-order valence-electron chi connectivity index (χ3n) is 3.72. The topological polar surface area (TPSA) is 49.4 Å². The maximum atomic E-state index is 11.9. The molecular formula is C15H18N2O2S. The van der Waals surface area contributed by atoms with Crippen LogP contribution in [0.5, 0.6) is 0 Å². The van der Waals surface area contributed by atoms with Crippen LogP contribution in [0, 0.1) is 0 Å². The summed E-state index contributed by atoms with van der Waals surface area (Å²) in [6.07, 6.45) is 1.26. The largest absolute Gasteiger partial charge is 0.368 e. The summed E-state index contributed by atoms with van der Waals surface area (Å²) < 4.78 is 23.8. The van der Waals surface area contributed by atoms with E-state index < -0.39 is 9.84 Å². The van der Waals surface area contributed by atoms with Gasteiger partial charge in [0.15, 0.2) is 9.84 Å². The van der Waals surface area contributed by atoms with Gasteiger partial charge in [0, 0.05) is 48.9 Å². The van der Waals surface area contributed by atoms with Crippen LogP contribution in [0.1, 0.15) is 0 Å². The number of hydrogen-bond acceptors (Lipinski definition) is 4. The SMILES string of the molecule is CS(=O)(=O)c1ccc(N2CCNCC2)c2ccccc12. The lowest BCUT2D eigenvalue weighted by Gasteiger charge is -2.30. The van der Waals surface area contributed by atoms with E-state index in [2.05, 4.69) is 10.2 Å². The second kappa shape index (κ2) is 5.07. The maximum absolute atomic E-state index is 11.9. The summed E-state index contributed by atoms with van der Waals surface area (Å²) in [5.74, 6) is 0. The van der Waals surface area contributed by atoms with Gasteiger partial charge in [0.1, 0.15) is 0 Å². The zero-order valence-electron chi connectivity index (χ0n) is 11.5. The van der Waals surface area contributed by atoms with E-state index in [1.807, 2.05) is 30.3 Å². The summed E-state index contributed by atoms with van der Waals surface area (Å²) >= 11 is 0. The van der Waals surface area contributed by atoms with Gasteiger partial charge in [0.2, 0.25) is 0 Å². The zero-order chi connectivity index (χ0) is 14.2. The second-order valence-electron chi connectivity index (χ2n) is 5.14. The fourth-order valence-electron chi connectivity index (χ4n) is 2.76. The molecule has 0 atom stereocenters. The normalized spacial score (nSPS) is 16.6. The van der Waals surface area contributed by atoms with Crippen molar-refractivity contribution in [2.75, 3.05) is 37.3 Å². The van der Waals surface area contributed by atoms with Crippen molar-refractivity contribution in [3.05, 3.63) is 36.4 Å². The summed E-state index contributed by atoms with van der Waals surface area (Å²) in [5.41, 5.74) is 1.12. The lowest BCUT2D eigenvalue weighted by atomic mass is 10.1. The highest BCUT2D eigenvalue weighted by Crippen LogP contribution is 2.31. The lowest BCUT2D eigenvalue weighted by Crippen LogP contribution is -2.43. The third-order valence-corrected chi connectivity index (χ3v) is 4.87. The molecule has 0 aliphatic carbocycles. The van der Waals surface area contributed by atoms with Crippen molar-refractivity contribution in [3.63, 3.8) is 0 Å². The Morgan fingerprint density at radius 3 is 2.30 bits per heavy atom. The van der Waals surface area contributed by atoms with Crippen LogP contribution in [0.15, 0.2) is 41.3 Å². The third kappa shape index (κ3) is 2.39. The Morgan fingerprint density at radius 2 is 1.65 bits per heavy atom. The van der Waals surface area contributed by atoms with Crippen molar-refractivity contribution in [1.82, 2.24) is 5.32 Å². The summed E-state index contributed by atoms with van der Waals surface area (Å²) in [4.78, 5) is 2.72. The van der Waals surface area contributed by atoms with Gasteiger partial charge in [0.05, 0.1) is 4.90 Å². The minimum Gasteiger partial charge on any atom is -0.368 e. The highest BCUT2D eigenvalue weighted by Gasteiger charge is 2.17. The van der Waals surface area contributed by atoms with Crippen LogP contribution < -0.4 is 10.2 Å². The molecule has 0 unspecified atom stereocenters. The predicted octanol–water partition coefficient (Wildman–Crippen LogP) is 1.65. The van der Waals surface area contributed by atoms with Crippen LogP contribution in [-0.4, -0.2) is 40.9 Å². The average Bonchev–Trinajstić information content (AvgIpc) is 2.46. The van der Waals surface area contributed by atoms with Gasteiger partial charge in [-0.3, -0.25) is 0 Å². The number of piperazine rings is 1. The molecule has 20 heavy (non-hydrogen) atoms. The minimum absolute atomic E-state index is 0.409. The molecule has 1 aliphatic rings. The first-order valence-electron chi connectivity index (χ1n) is 6.75. The molecule has 0 bridgehead atoms. The molecule has 0 radical (unpaired) electrons. The summed E-state index contributed by atoms with van der Waals surface area (Å²) in [6.45, 7) is 3.81. The first-order chi connectivity index (χ1) is 9.57. The van der Waals surface area contributed by atoms with Crippen molar-refractivity contribution < 1.29 is 8.42 Å². The van der Waals surface area contributed by atoms with E-state index in [4.69, 9.17) is 0 Å². The van der Waals surface area contributed by atoms with Crippen molar-refractivity contribution in [1.29, 1.82) is 0 Å². The fourth-order valence-corrected chi connectivity index (χ4v) is 3.65. The highest BCUT2D eigenvalue weighted by atomic mass is 32.2. The molecule has 2 aromatic carbocycles. The van der Waals surface area contributed by atoms with Crippen LogP contribution >= 0.6 is 0 Å². The van der Waals surface area contributed by atoms with E-state index in [9.17, 15) is 8.42 Å². The molecule has 3 rings (SSSR count). The van der Waals surface area contributed by atoms with Crippen molar-refractivity contribution in [3.8, 4) is 0 Å². The van der Waals surface area contributed by atoms with Gasteiger partial charge in [-0.2, -0.15) is 0 Å². The number of benzene rings is 2. The average molecular weight is 290 g/mol. The number of rotatable bonds is 2.